The van der Waals surface area contributed by atoms with Gasteiger partial charge in [-0.25, -0.2) is 8.42 Å². The molecule has 2 aliphatic rings. The van der Waals surface area contributed by atoms with E-state index in [2.05, 4.69) is 19.2 Å². The van der Waals surface area contributed by atoms with E-state index in [4.69, 9.17) is 0 Å². The normalized spacial score (nSPS) is 17.7. The monoisotopic (exact) mass is 497 g/mol. The molecule has 2 aromatic rings. The Bertz CT molecular complexity index is 1180. The fourth-order valence-corrected chi connectivity index (χ4v) is 6.33. The van der Waals surface area contributed by atoms with E-state index in [0.717, 1.165) is 37.1 Å². The lowest BCUT2D eigenvalue weighted by Crippen LogP contribution is -2.41. The highest BCUT2D eigenvalue weighted by atomic mass is 32.2. The second kappa shape index (κ2) is 10.5. The highest BCUT2D eigenvalue weighted by Gasteiger charge is 2.33. The van der Waals surface area contributed by atoms with Crippen LogP contribution in [-0.4, -0.2) is 55.6 Å². The molecule has 0 aromatic heterocycles. The minimum atomic E-state index is -3.60. The molecular weight excluding hydrogens is 462 g/mol. The van der Waals surface area contributed by atoms with Crippen molar-refractivity contribution in [1.82, 2.24) is 9.21 Å². The third-order valence-electron chi connectivity index (χ3n) is 7.15. The molecule has 35 heavy (non-hydrogen) atoms. The number of carbonyl (C=O) groups is 2. The summed E-state index contributed by atoms with van der Waals surface area (Å²) in [6.07, 6.45) is 2.89. The molecule has 1 N–H and O–H groups in total. The average Bonchev–Trinajstić information content (AvgIpc) is 3.40. The Morgan fingerprint density at radius 3 is 2.17 bits per heavy atom. The Hall–Kier alpha value is -2.71. The number of hydrogen-bond acceptors (Lipinski definition) is 4. The number of nitrogens with one attached hydrogen (secondary N) is 1. The summed E-state index contributed by atoms with van der Waals surface area (Å²) in [6, 6.07) is 12.5. The second-order valence-corrected chi connectivity index (χ2v) is 11.8. The first kappa shape index (κ1) is 25.4. The van der Waals surface area contributed by atoms with Crippen molar-refractivity contribution in [2.45, 2.75) is 57.3 Å². The molecule has 188 valence electrons. The van der Waals surface area contributed by atoms with Crippen molar-refractivity contribution >= 4 is 27.5 Å². The molecule has 0 aliphatic carbocycles. The van der Waals surface area contributed by atoms with Crippen LogP contribution >= 0.6 is 0 Å². The molecule has 2 aromatic carbocycles. The molecule has 2 amide bonds. The zero-order valence-corrected chi connectivity index (χ0v) is 21.6. The Morgan fingerprint density at radius 2 is 1.57 bits per heavy atom. The number of likely N-dealkylation sites (tertiary alicyclic amines) is 1. The number of carbonyl (C=O) groups excluding carboxylic acids is 2. The first-order chi connectivity index (χ1) is 16.7. The number of sulfonamides is 1. The fourth-order valence-electron chi connectivity index (χ4n) is 4.86. The summed E-state index contributed by atoms with van der Waals surface area (Å²) in [6.45, 7) is 8.10. The molecule has 0 bridgehead atoms. The van der Waals surface area contributed by atoms with Crippen molar-refractivity contribution in [3.05, 3.63) is 59.2 Å². The minimum absolute atomic E-state index is 0.0501. The average molecular weight is 498 g/mol. The van der Waals surface area contributed by atoms with E-state index in [-0.39, 0.29) is 22.6 Å². The van der Waals surface area contributed by atoms with E-state index in [1.165, 1.54) is 4.31 Å². The van der Waals surface area contributed by atoms with Crippen LogP contribution < -0.4 is 5.32 Å². The SMILES string of the molecule is Cc1cccc(C(=O)N2CCCC2)c1NC(=O)C1CCN(S(=O)(=O)c2ccc(C(C)C)cc2)CC1. The van der Waals surface area contributed by atoms with E-state index in [0.29, 0.717) is 43.1 Å². The topological polar surface area (TPSA) is 86.8 Å². The standard InChI is InChI=1S/C27H35N3O4S/c1-19(2)21-9-11-23(12-10-21)35(33,34)30-17-13-22(14-18-30)26(31)28-25-20(3)7-6-8-24(25)27(32)29-15-4-5-16-29/h6-12,19,22H,4-5,13-18H2,1-3H3,(H,28,31). The third kappa shape index (κ3) is 5.43. The van der Waals surface area contributed by atoms with Crippen LogP contribution in [0, 0.1) is 12.8 Å². The highest BCUT2D eigenvalue weighted by Crippen LogP contribution is 2.28. The molecule has 2 aliphatic heterocycles. The van der Waals surface area contributed by atoms with Gasteiger partial charge in [-0.15, -0.1) is 0 Å². The van der Waals surface area contributed by atoms with Crippen LogP contribution in [0.15, 0.2) is 47.4 Å². The van der Waals surface area contributed by atoms with Crippen molar-refractivity contribution < 1.29 is 18.0 Å². The van der Waals surface area contributed by atoms with Gasteiger partial charge in [0.15, 0.2) is 0 Å². The summed E-state index contributed by atoms with van der Waals surface area (Å²) in [5.41, 5.74) is 3.02. The number of amides is 2. The predicted molar refractivity (Wildman–Crippen MR) is 137 cm³/mol. The Morgan fingerprint density at radius 1 is 0.943 bits per heavy atom. The summed E-state index contributed by atoms with van der Waals surface area (Å²) >= 11 is 0. The van der Waals surface area contributed by atoms with Crippen LogP contribution in [0.3, 0.4) is 0 Å². The summed E-state index contributed by atoms with van der Waals surface area (Å²) in [4.78, 5) is 28.3. The molecule has 0 saturated carbocycles. The molecule has 2 fully saturated rings. The van der Waals surface area contributed by atoms with Gasteiger partial charge in [0.25, 0.3) is 5.91 Å². The summed E-state index contributed by atoms with van der Waals surface area (Å²) < 4.78 is 27.7. The van der Waals surface area contributed by atoms with E-state index < -0.39 is 10.0 Å². The first-order valence-corrected chi connectivity index (χ1v) is 13.9. The van der Waals surface area contributed by atoms with Gasteiger partial charge in [0.2, 0.25) is 15.9 Å². The fraction of sp³-hybridized carbons (Fsp3) is 0.481. The van der Waals surface area contributed by atoms with E-state index in [1.54, 1.807) is 18.2 Å². The molecule has 7 nitrogen and oxygen atoms in total. The lowest BCUT2D eigenvalue weighted by atomic mass is 9.96. The van der Waals surface area contributed by atoms with Gasteiger partial charge in [-0.1, -0.05) is 38.1 Å². The van der Waals surface area contributed by atoms with Crippen LogP contribution in [0.5, 0.6) is 0 Å². The van der Waals surface area contributed by atoms with Gasteiger partial charge in [0.05, 0.1) is 16.1 Å². The Kier molecular flexibility index (Phi) is 7.62. The first-order valence-electron chi connectivity index (χ1n) is 12.5. The van der Waals surface area contributed by atoms with Crippen LogP contribution in [-0.2, 0) is 14.8 Å². The maximum absolute atomic E-state index is 13.1. The number of aryl methyl sites for hydroxylation is 1. The molecule has 8 heteroatoms. The zero-order chi connectivity index (χ0) is 25.2. The van der Waals surface area contributed by atoms with Gasteiger partial charge in [-0.2, -0.15) is 4.31 Å². The number of benzene rings is 2. The van der Waals surface area contributed by atoms with Crippen LogP contribution in [0.4, 0.5) is 5.69 Å². The molecule has 0 unspecified atom stereocenters. The number of nitrogens with zero attached hydrogens (tertiary/aromatic N) is 2. The number of rotatable bonds is 6. The smallest absolute Gasteiger partial charge is 0.255 e. The third-order valence-corrected chi connectivity index (χ3v) is 9.07. The summed E-state index contributed by atoms with van der Waals surface area (Å²) in [5, 5.41) is 3.00. The number of para-hydroxylation sites is 1. The van der Waals surface area contributed by atoms with E-state index in [9.17, 15) is 18.0 Å². The molecule has 0 radical (unpaired) electrons. The van der Waals surface area contributed by atoms with E-state index in [1.807, 2.05) is 36.1 Å². The molecule has 2 saturated heterocycles. The quantitative estimate of drug-likeness (QED) is 0.641. The van der Waals surface area contributed by atoms with Crippen molar-refractivity contribution in [2.24, 2.45) is 5.92 Å². The van der Waals surface area contributed by atoms with Crippen molar-refractivity contribution in [3.8, 4) is 0 Å². The van der Waals surface area contributed by atoms with Crippen LogP contribution in [0.2, 0.25) is 0 Å². The second-order valence-electron chi connectivity index (χ2n) is 9.89. The number of piperidine rings is 1. The lowest BCUT2D eigenvalue weighted by molar-refractivity contribution is -0.120. The van der Waals surface area contributed by atoms with Gasteiger partial charge < -0.3 is 10.2 Å². The van der Waals surface area contributed by atoms with Crippen LogP contribution in [0.25, 0.3) is 0 Å². The Balaban J connectivity index is 1.41. The predicted octanol–water partition coefficient (Wildman–Crippen LogP) is 4.39. The molecule has 4 rings (SSSR count). The van der Waals surface area contributed by atoms with Gasteiger partial charge in [-0.3, -0.25) is 9.59 Å². The van der Waals surface area contributed by atoms with Crippen molar-refractivity contribution in [2.75, 3.05) is 31.5 Å². The van der Waals surface area contributed by atoms with Crippen LogP contribution in [0.1, 0.15) is 66.9 Å². The zero-order valence-electron chi connectivity index (χ0n) is 20.8. The highest BCUT2D eigenvalue weighted by molar-refractivity contribution is 7.89. The summed E-state index contributed by atoms with van der Waals surface area (Å²) in [5.74, 6) is -0.182. The van der Waals surface area contributed by atoms with Gasteiger partial charge in [0, 0.05) is 32.1 Å². The van der Waals surface area contributed by atoms with Crippen molar-refractivity contribution in [3.63, 3.8) is 0 Å². The summed E-state index contributed by atoms with van der Waals surface area (Å²) in [7, 11) is -3.60. The Labute approximate surface area is 208 Å². The molecule has 2 heterocycles. The number of anilines is 1. The molecule has 0 spiro atoms. The minimum Gasteiger partial charge on any atom is -0.339 e. The van der Waals surface area contributed by atoms with E-state index >= 15 is 0 Å². The molecule has 0 atom stereocenters. The maximum atomic E-state index is 13.1. The van der Waals surface area contributed by atoms with Gasteiger partial charge in [-0.05, 0) is 67.9 Å². The molecular formula is C27H35N3O4S. The number of hydrogen-bond donors (Lipinski definition) is 1. The lowest BCUT2D eigenvalue weighted by Gasteiger charge is -2.31. The van der Waals surface area contributed by atoms with Gasteiger partial charge >= 0.3 is 0 Å². The van der Waals surface area contributed by atoms with Gasteiger partial charge in [0.1, 0.15) is 0 Å². The largest absolute Gasteiger partial charge is 0.339 e. The maximum Gasteiger partial charge on any atom is 0.255 e. The van der Waals surface area contributed by atoms with Crippen molar-refractivity contribution in [1.29, 1.82) is 0 Å².